The SMILES string of the molecule is Cl.Cl.O=C(NCc1ccnc(Oc2ccc(F)cc2)c1)[C@@]12CCCC[C@H]1CNC2. The number of ether oxygens (including phenoxy) is 1. The standard InChI is InChI=1S/C21H24FN3O2.2ClH/c22-17-4-6-18(7-5-17)27-19-11-15(8-10-24-19)12-25-20(26)21-9-2-1-3-16(21)13-23-14-21;;/h4-8,10-11,16,23H,1-3,9,12-14H2,(H,25,26);2*1H/t16-,21+;;/m0../s1. The van der Waals surface area contributed by atoms with Gasteiger partial charge in [-0.05, 0) is 61.2 Å². The van der Waals surface area contributed by atoms with Gasteiger partial charge >= 0.3 is 0 Å². The number of amides is 1. The molecule has 1 saturated carbocycles. The zero-order valence-corrected chi connectivity index (χ0v) is 17.7. The van der Waals surface area contributed by atoms with Crippen molar-refractivity contribution in [2.24, 2.45) is 11.3 Å². The molecule has 1 saturated heterocycles. The fourth-order valence-electron chi connectivity index (χ4n) is 4.29. The first kappa shape index (κ1) is 23.4. The highest BCUT2D eigenvalue weighted by Crippen LogP contribution is 2.43. The summed E-state index contributed by atoms with van der Waals surface area (Å²) in [6, 6.07) is 9.46. The number of hydrogen-bond acceptors (Lipinski definition) is 4. The van der Waals surface area contributed by atoms with Crippen molar-refractivity contribution < 1.29 is 13.9 Å². The average Bonchev–Trinajstić information content (AvgIpc) is 3.14. The third-order valence-corrected chi connectivity index (χ3v) is 5.78. The molecule has 2 N–H and O–H groups in total. The number of carbonyl (C=O) groups excluding carboxylic acids is 1. The maximum absolute atomic E-state index is 13.0. The molecule has 8 heteroatoms. The summed E-state index contributed by atoms with van der Waals surface area (Å²) in [5, 5.41) is 6.52. The molecule has 1 aromatic heterocycles. The van der Waals surface area contributed by atoms with Crippen LogP contribution in [0.5, 0.6) is 11.6 Å². The molecule has 2 heterocycles. The van der Waals surface area contributed by atoms with Crippen molar-refractivity contribution in [2.75, 3.05) is 13.1 Å². The maximum Gasteiger partial charge on any atom is 0.228 e. The average molecular weight is 442 g/mol. The fourth-order valence-corrected chi connectivity index (χ4v) is 4.29. The van der Waals surface area contributed by atoms with Gasteiger partial charge in [-0.1, -0.05) is 12.8 Å². The third-order valence-electron chi connectivity index (χ3n) is 5.78. The number of halogens is 3. The van der Waals surface area contributed by atoms with E-state index in [4.69, 9.17) is 4.74 Å². The van der Waals surface area contributed by atoms with Gasteiger partial charge < -0.3 is 15.4 Å². The van der Waals surface area contributed by atoms with E-state index in [9.17, 15) is 9.18 Å². The van der Waals surface area contributed by atoms with Gasteiger partial charge in [0.2, 0.25) is 11.8 Å². The third kappa shape index (κ3) is 5.18. The van der Waals surface area contributed by atoms with Crippen molar-refractivity contribution in [1.29, 1.82) is 0 Å². The van der Waals surface area contributed by atoms with E-state index in [1.807, 2.05) is 6.07 Å². The van der Waals surface area contributed by atoms with Crippen molar-refractivity contribution in [3.8, 4) is 11.6 Å². The largest absolute Gasteiger partial charge is 0.439 e. The van der Waals surface area contributed by atoms with Gasteiger partial charge in [0, 0.05) is 25.4 Å². The van der Waals surface area contributed by atoms with Crippen molar-refractivity contribution in [3.63, 3.8) is 0 Å². The van der Waals surface area contributed by atoms with E-state index in [1.54, 1.807) is 24.4 Å². The smallest absolute Gasteiger partial charge is 0.228 e. The van der Waals surface area contributed by atoms with Crippen LogP contribution in [0.1, 0.15) is 31.2 Å². The van der Waals surface area contributed by atoms with Crippen LogP contribution in [0.3, 0.4) is 0 Å². The molecule has 4 rings (SSSR count). The van der Waals surface area contributed by atoms with Crippen molar-refractivity contribution >= 4 is 30.7 Å². The summed E-state index contributed by atoms with van der Waals surface area (Å²) in [5.41, 5.74) is 0.670. The molecule has 2 aromatic rings. The normalized spacial score (nSPS) is 22.6. The molecule has 2 atom stereocenters. The number of fused-ring (bicyclic) bond motifs is 1. The Kier molecular flexibility index (Phi) is 8.25. The van der Waals surface area contributed by atoms with E-state index in [2.05, 4.69) is 15.6 Å². The van der Waals surface area contributed by atoms with E-state index in [0.29, 0.717) is 24.1 Å². The van der Waals surface area contributed by atoms with Gasteiger partial charge in [-0.3, -0.25) is 4.79 Å². The molecule has 0 spiro atoms. The van der Waals surface area contributed by atoms with E-state index in [0.717, 1.165) is 37.9 Å². The van der Waals surface area contributed by atoms with Gasteiger partial charge in [0.1, 0.15) is 11.6 Å². The lowest BCUT2D eigenvalue weighted by Crippen LogP contribution is -2.47. The molecular formula is C21H26Cl2FN3O2. The lowest BCUT2D eigenvalue weighted by Gasteiger charge is -2.37. The van der Waals surface area contributed by atoms with E-state index in [1.165, 1.54) is 18.6 Å². The molecule has 0 bridgehead atoms. The van der Waals surface area contributed by atoms with Crippen molar-refractivity contribution in [1.82, 2.24) is 15.6 Å². The Morgan fingerprint density at radius 3 is 2.83 bits per heavy atom. The Balaban J connectivity index is 0.00000150. The van der Waals surface area contributed by atoms with Gasteiger partial charge in [-0.15, -0.1) is 24.8 Å². The number of pyridine rings is 1. The number of nitrogens with zero attached hydrogens (tertiary/aromatic N) is 1. The fraction of sp³-hybridized carbons (Fsp3) is 0.429. The highest BCUT2D eigenvalue weighted by molar-refractivity contribution is 5.85. The Morgan fingerprint density at radius 1 is 1.24 bits per heavy atom. The molecule has 1 aliphatic heterocycles. The second-order valence-corrected chi connectivity index (χ2v) is 7.47. The predicted molar refractivity (Wildman–Crippen MR) is 114 cm³/mol. The molecule has 0 radical (unpaired) electrons. The van der Waals surface area contributed by atoms with Crippen LogP contribution < -0.4 is 15.4 Å². The first-order valence-electron chi connectivity index (χ1n) is 9.53. The topological polar surface area (TPSA) is 63.2 Å². The van der Waals surface area contributed by atoms with E-state index < -0.39 is 0 Å². The van der Waals surface area contributed by atoms with Gasteiger partial charge in [-0.25, -0.2) is 9.37 Å². The van der Waals surface area contributed by atoms with Crippen LogP contribution in [-0.2, 0) is 11.3 Å². The summed E-state index contributed by atoms with van der Waals surface area (Å²) in [6.45, 7) is 2.16. The van der Waals surface area contributed by atoms with Crippen LogP contribution in [0.15, 0.2) is 42.6 Å². The quantitative estimate of drug-likeness (QED) is 0.727. The zero-order valence-electron chi connectivity index (χ0n) is 16.0. The van der Waals surface area contributed by atoms with Gasteiger partial charge in [-0.2, -0.15) is 0 Å². The Labute approximate surface area is 182 Å². The van der Waals surface area contributed by atoms with E-state index >= 15 is 0 Å². The molecule has 0 unspecified atom stereocenters. The summed E-state index contributed by atoms with van der Waals surface area (Å²) >= 11 is 0. The highest BCUT2D eigenvalue weighted by Gasteiger charge is 2.49. The minimum absolute atomic E-state index is 0. The molecule has 1 amide bonds. The molecule has 1 aromatic carbocycles. The molecule has 5 nitrogen and oxygen atoms in total. The monoisotopic (exact) mass is 441 g/mol. The van der Waals surface area contributed by atoms with Crippen LogP contribution in [0, 0.1) is 17.2 Å². The Hall–Kier alpha value is -1.89. The van der Waals surface area contributed by atoms with Crippen LogP contribution in [-0.4, -0.2) is 24.0 Å². The number of carbonyl (C=O) groups is 1. The second kappa shape index (κ2) is 10.2. The molecule has 2 aliphatic rings. The molecule has 158 valence electrons. The highest BCUT2D eigenvalue weighted by atomic mass is 35.5. The van der Waals surface area contributed by atoms with Crippen LogP contribution in [0.25, 0.3) is 0 Å². The van der Waals surface area contributed by atoms with Gasteiger partial charge in [0.15, 0.2) is 0 Å². The zero-order chi connectivity index (χ0) is 18.7. The van der Waals surface area contributed by atoms with Crippen LogP contribution in [0.2, 0.25) is 0 Å². The summed E-state index contributed by atoms with van der Waals surface area (Å²) in [4.78, 5) is 17.1. The van der Waals surface area contributed by atoms with Crippen LogP contribution >= 0.6 is 24.8 Å². The number of rotatable bonds is 5. The summed E-state index contributed by atoms with van der Waals surface area (Å²) in [5.74, 6) is 1.22. The maximum atomic E-state index is 13.0. The lowest BCUT2D eigenvalue weighted by atomic mass is 9.67. The number of benzene rings is 1. The van der Waals surface area contributed by atoms with E-state index in [-0.39, 0.29) is 42.0 Å². The predicted octanol–water partition coefficient (Wildman–Crippen LogP) is 4.25. The Morgan fingerprint density at radius 2 is 2.03 bits per heavy atom. The summed E-state index contributed by atoms with van der Waals surface area (Å²) in [7, 11) is 0. The Bertz CT molecular complexity index is 822. The number of hydrogen-bond donors (Lipinski definition) is 2. The first-order valence-corrected chi connectivity index (χ1v) is 9.53. The second-order valence-electron chi connectivity index (χ2n) is 7.47. The van der Waals surface area contributed by atoms with Crippen molar-refractivity contribution in [2.45, 2.75) is 32.2 Å². The summed E-state index contributed by atoms with van der Waals surface area (Å²) in [6.07, 6.45) is 6.09. The molecule has 2 fully saturated rings. The number of aromatic nitrogens is 1. The first-order chi connectivity index (χ1) is 13.2. The van der Waals surface area contributed by atoms with Gasteiger partial charge in [0.25, 0.3) is 0 Å². The molecule has 1 aliphatic carbocycles. The number of nitrogens with one attached hydrogen (secondary N) is 2. The molecular weight excluding hydrogens is 416 g/mol. The lowest BCUT2D eigenvalue weighted by molar-refractivity contribution is -0.134. The summed E-state index contributed by atoms with van der Waals surface area (Å²) < 4.78 is 18.7. The van der Waals surface area contributed by atoms with Crippen LogP contribution in [0.4, 0.5) is 4.39 Å². The minimum Gasteiger partial charge on any atom is -0.439 e. The van der Waals surface area contributed by atoms with Crippen molar-refractivity contribution in [3.05, 3.63) is 54.0 Å². The van der Waals surface area contributed by atoms with Gasteiger partial charge in [0.05, 0.1) is 5.41 Å². The minimum atomic E-state index is -0.312. The molecule has 29 heavy (non-hydrogen) atoms.